The molecule has 0 heterocycles. The van der Waals surface area contributed by atoms with Gasteiger partial charge in [-0.3, -0.25) is 0 Å². The zero-order chi connectivity index (χ0) is 16.2. The van der Waals surface area contributed by atoms with Crippen molar-refractivity contribution in [1.82, 2.24) is 0 Å². The number of nitrogens with zero attached hydrogens (tertiary/aromatic N) is 1. The van der Waals surface area contributed by atoms with E-state index in [9.17, 15) is 5.26 Å². The quantitative estimate of drug-likeness (QED) is 0.565. The van der Waals surface area contributed by atoms with Crippen molar-refractivity contribution >= 4 is 0 Å². The van der Waals surface area contributed by atoms with Crippen LogP contribution >= 0.6 is 0 Å². The number of fused-ring (bicyclic) bond motifs is 5. The Bertz CT molecular complexity index is 505. The first-order valence-corrected chi connectivity index (χ1v) is 10.4. The molecule has 4 rings (SSSR count). The second kappa shape index (κ2) is 5.50. The van der Waals surface area contributed by atoms with Gasteiger partial charge in [0.2, 0.25) is 0 Å². The smallest absolute Gasteiger partial charge is 0.0661 e. The van der Waals surface area contributed by atoms with Crippen molar-refractivity contribution in [3.8, 4) is 6.07 Å². The van der Waals surface area contributed by atoms with E-state index in [0.717, 1.165) is 29.6 Å². The third kappa shape index (κ3) is 2.09. The van der Waals surface area contributed by atoms with Crippen molar-refractivity contribution in [2.75, 3.05) is 0 Å². The van der Waals surface area contributed by atoms with Crippen LogP contribution in [0, 0.1) is 57.7 Å². The van der Waals surface area contributed by atoms with Gasteiger partial charge in [-0.2, -0.15) is 5.26 Å². The van der Waals surface area contributed by atoms with E-state index in [1.165, 1.54) is 64.2 Å². The topological polar surface area (TPSA) is 23.8 Å². The van der Waals surface area contributed by atoms with Crippen molar-refractivity contribution in [3.05, 3.63) is 0 Å². The standard InChI is InChI=1S/C22H35N/c1-4-22-12-9-15(2)13-16(22)5-7-18-19-8-6-17(14-23)21(19,3)11-10-20(18)22/h15-20H,4-13H2,1-3H3/t15-,16+,17-,18+,19+,20+,21-,22+/m1/s1. The van der Waals surface area contributed by atoms with Crippen LogP contribution in [0.25, 0.3) is 0 Å². The molecular formula is C22H35N. The monoisotopic (exact) mass is 313 g/mol. The Morgan fingerprint density at radius 2 is 1.83 bits per heavy atom. The van der Waals surface area contributed by atoms with Gasteiger partial charge in [0, 0.05) is 0 Å². The Balaban J connectivity index is 1.65. The molecule has 0 unspecified atom stereocenters. The van der Waals surface area contributed by atoms with E-state index < -0.39 is 0 Å². The fourth-order valence-electron chi connectivity index (χ4n) is 8.19. The van der Waals surface area contributed by atoms with Crippen LogP contribution in [0.1, 0.15) is 85.0 Å². The molecule has 0 N–H and O–H groups in total. The van der Waals surface area contributed by atoms with Crippen LogP contribution in [0.2, 0.25) is 0 Å². The molecule has 1 heteroatoms. The SMILES string of the molecule is CC[C@]12CC[C@@H](C)C[C@@H]1CC[C@H]1[C@@H]3CC[C@H](C#N)[C@@]3(C)CC[C@@H]12. The predicted molar refractivity (Wildman–Crippen MR) is 94.6 cm³/mol. The fourth-order valence-corrected chi connectivity index (χ4v) is 8.19. The summed E-state index contributed by atoms with van der Waals surface area (Å²) in [5.41, 5.74) is 1.02. The second-order valence-electron chi connectivity index (χ2n) is 9.92. The zero-order valence-electron chi connectivity index (χ0n) is 15.5. The molecule has 4 aliphatic carbocycles. The average molecular weight is 314 g/mol. The summed E-state index contributed by atoms with van der Waals surface area (Å²) in [7, 11) is 0. The second-order valence-corrected chi connectivity index (χ2v) is 9.92. The van der Waals surface area contributed by atoms with Crippen LogP contribution in [0.4, 0.5) is 0 Å². The van der Waals surface area contributed by atoms with Gasteiger partial charge >= 0.3 is 0 Å². The Kier molecular flexibility index (Phi) is 3.82. The third-order valence-corrected chi connectivity index (χ3v) is 9.44. The van der Waals surface area contributed by atoms with E-state index in [1.54, 1.807) is 0 Å². The van der Waals surface area contributed by atoms with Crippen molar-refractivity contribution in [2.24, 2.45) is 46.3 Å². The maximum absolute atomic E-state index is 9.63. The van der Waals surface area contributed by atoms with E-state index in [1.807, 2.05) is 0 Å². The first-order valence-electron chi connectivity index (χ1n) is 10.4. The highest BCUT2D eigenvalue weighted by Gasteiger charge is 2.60. The molecule has 0 saturated heterocycles. The molecular weight excluding hydrogens is 278 g/mol. The molecule has 0 aromatic rings. The van der Waals surface area contributed by atoms with Crippen LogP contribution in [0.15, 0.2) is 0 Å². The van der Waals surface area contributed by atoms with Crippen LogP contribution in [0.5, 0.6) is 0 Å². The maximum Gasteiger partial charge on any atom is 0.0661 e. The lowest BCUT2D eigenvalue weighted by Gasteiger charge is -2.62. The molecule has 0 aromatic carbocycles. The molecule has 23 heavy (non-hydrogen) atoms. The van der Waals surface area contributed by atoms with Gasteiger partial charge in [-0.15, -0.1) is 0 Å². The Hall–Kier alpha value is -0.510. The lowest BCUT2D eigenvalue weighted by molar-refractivity contribution is -0.125. The van der Waals surface area contributed by atoms with Gasteiger partial charge in [-0.05, 0) is 98.2 Å². The van der Waals surface area contributed by atoms with E-state index >= 15 is 0 Å². The minimum atomic E-state index is 0.343. The number of rotatable bonds is 1. The summed E-state index contributed by atoms with van der Waals surface area (Å²) in [6.45, 7) is 7.45. The Morgan fingerprint density at radius 1 is 1.00 bits per heavy atom. The van der Waals surface area contributed by atoms with Gasteiger partial charge in [0.1, 0.15) is 0 Å². The number of hydrogen-bond donors (Lipinski definition) is 0. The molecule has 0 aliphatic heterocycles. The average Bonchev–Trinajstić information content (AvgIpc) is 2.90. The van der Waals surface area contributed by atoms with Gasteiger partial charge in [-0.25, -0.2) is 0 Å². The lowest BCUT2D eigenvalue weighted by atomic mass is 9.43. The van der Waals surface area contributed by atoms with Crippen molar-refractivity contribution in [3.63, 3.8) is 0 Å². The maximum atomic E-state index is 9.63. The molecule has 0 amide bonds. The molecule has 128 valence electrons. The summed E-state index contributed by atoms with van der Waals surface area (Å²) in [5.74, 6) is 5.09. The number of nitriles is 1. The van der Waals surface area contributed by atoms with E-state index in [0.29, 0.717) is 16.7 Å². The molecule has 0 radical (unpaired) electrons. The number of hydrogen-bond acceptors (Lipinski definition) is 1. The summed E-state index contributed by atoms with van der Waals surface area (Å²) < 4.78 is 0. The van der Waals surface area contributed by atoms with Crippen molar-refractivity contribution in [2.45, 2.75) is 85.0 Å². The molecule has 0 spiro atoms. The summed E-state index contributed by atoms with van der Waals surface area (Å²) in [6, 6.07) is 2.68. The highest BCUT2D eigenvalue weighted by Crippen LogP contribution is 2.68. The first-order chi connectivity index (χ1) is 11.0. The van der Waals surface area contributed by atoms with E-state index in [-0.39, 0.29) is 0 Å². The zero-order valence-corrected chi connectivity index (χ0v) is 15.5. The van der Waals surface area contributed by atoms with Crippen LogP contribution < -0.4 is 0 Å². The summed E-state index contributed by atoms with van der Waals surface area (Å²) >= 11 is 0. The van der Waals surface area contributed by atoms with Gasteiger partial charge in [0.15, 0.2) is 0 Å². The van der Waals surface area contributed by atoms with E-state index in [4.69, 9.17) is 0 Å². The van der Waals surface area contributed by atoms with Crippen molar-refractivity contribution < 1.29 is 0 Å². The Labute approximate surface area is 143 Å². The minimum Gasteiger partial charge on any atom is -0.198 e. The van der Waals surface area contributed by atoms with Crippen molar-refractivity contribution in [1.29, 1.82) is 5.26 Å². The molecule has 4 aliphatic rings. The van der Waals surface area contributed by atoms with Crippen LogP contribution in [-0.4, -0.2) is 0 Å². The Morgan fingerprint density at radius 3 is 2.57 bits per heavy atom. The fraction of sp³-hybridized carbons (Fsp3) is 0.955. The summed E-state index contributed by atoms with van der Waals surface area (Å²) in [6.07, 6.45) is 14.1. The van der Waals surface area contributed by atoms with Crippen LogP contribution in [-0.2, 0) is 0 Å². The third-order valence-electron chi connectivity index (χ3n) is 9.44. The first kappa shape index (κ1) is 16.0. The molecule has 1 nitrogen and oxygen atoms in total. The van der Waals surface area contributed by atoms with Gasteiger partial charge < -0.3 is 0 Å². The highest BCUT2D eigenvalue weighted by molar-refractivity contribution is 5.12. The predicted octanol–water partition coefficient (Wildman–Crippen LogP) is 6.20. The van der Waals surface area contributed by atoms with Gasteiger partial charge in [0.05, 0.1) is 12.0 Å². The molecule has 0 aromatic heterocycles. The lowest BCUT2D eigenvalue weighted by Crippen LogP contribution is -2.54. The molecule has 0 bridgehead atoms. The molecule has 4 fully saturated rings. The minimum absolute atomic E-state index is 0.343. The molecule has 8 atom stereocenters. The summed E-state index contributed by atoms with van der Waals surface area (Å²) in [5, 5.41) is 9.63. The normalized spacial score (nSPS) is 55.4. The highest BCUT2D eigenvalue weighted by atomic mass is 14.6. The van der Waals surface area contributed by atoms with E-state index in [2.05, 4.69) is 26.8 Å². The summed E-state index contributed by atoms with van der Waals surface area (Å²) in [4.78, 5) is 0. The van der Waals surface area contributed by atoms with Crippen LogP contribution in [0.3, 0.4) is 0 Å². The molecule has 4 saturated carbocycles. The van der Waals surface area contributed by atoms with Gasteiger partial charge in [0.25, 0.3) is 0 Å². The largest absolute Gasteiger partial charge is 0.198 e. The van der Waals surface area contributed by atoms with Gasteiger partial charge in [-0.1, -0.05) is 27.2 Å².